The summed E-state index contributed by atoms with van der Waals surface area (Å²) in [5, 5.41) is 0. The highest BCUT2D eigenvalue weighted by Crippen LogP contribution is 2.26. The van der Waals surface area contributed by atoms with E-state index in [0.717, 1.165) is 19.6 Å². The lowest BCUT2D eigenvalue weighted by Crippen LogP contribution is -2.70. The third-order valence-corrected chi connectivity index (χ3v) is 4.63. The standard InChI is InChI=1S/C16H24B2N4/c1-4-13-22-17(2)20(15-9-6-5-7-10-15)14-21(18(22)3)16-11-8-12-19-16/h5-12,19H,4,13-14H2,1-3H3. The number of hydrogen-bond acceptors (Lipinski definition) is 3. The maximum absolute atomic E-state index is 3.36. The number of H-pyrrole nitrogens is 1. The number of rotatable bonds is 4. The van der Waals surface area contributed by atoms with E-state index in [1.54, 1.807) is 0 Å². The second-order valence-corrected chi connectivity index (χ2v) is 5.97. The Hall–Kier alpha value is -1.81. The second-order valence-electron chi connectivity index (χ2n) is 5.97. The van der Waals surface area contributed by atoms with Gasteiger partial charge < -0.3 is 19.3 Å². The van der Waals surface area contributed by atoms with Crippen molar-refractivity contribution in [2.75, 3.05) is 22.8 Å². The number of nitrogens with one attached hydrogen (secondary N) is 1. The summed E-state index contributed by atoms with van der Waals surface area (Å²) < 4.78 is 2.57. The molecule has 6 heteroatoms. The minimum atomic E-state index is 0.383. The Morgan fingerprint density at radius 1 is 1.00 bits per heavy atom. The first-order chi connectivity index (χ1) is 10.7. The first kappa shape index (κ1) is 15.1. The van der Waals surface area contributed by atoms with E-state index in [-0.39, 0.29) is 0 Å². The first-order valence-electron chi connectivity index (χ1n) is 8.20. The molecule has 114 valence electrons. The molecule has 1 aromatic heterocycles. The van der Waals surface area contributed by atoms with Crippen molar-refractivity contribution in [2.24, 2.45) is 0 Å². The van der Waals surface area contributed by atoms with Gasteiger partial charge in [-0.25, -0.2) is 0 Å². The van der Waals surface area contributed by atoms with Crippen LogP contribution in [0.1, 0.15) is 13.3 Å². The summed E-state index contributed by atoms with van der Waals surface area (Å²) in [5.41, 5.74) is 1.28. The van der Waals surface area contributed by atoms with Crippen molar-refractivity contribution in [3.05, 3.63) is 48.7 Å². The Morgan fingerprint density at radius 2 is 1.73 bits per heavy atom. The number of anilines is 2. The summed E-state index contributed by atoms with van der Waals surface area (Å²) >= 11 is 0. The minimum Gasteiger partial charge on any atom is -0.386 e. The van der Waals surface area contributed by atoms with Crippen molar-refractivity contribution >= 4 is 25.5 Å². The molecular formula is C16H24B2N4. The third kappa shape index (κ3) is 2.75. The van der Waals surface area contributed by atoms with Crippen LogP contribution in [0, 0.1) is 0 Å². The number of para-hydroxylation sites is 1. The molecule has 1 fully saturated rings. The molecule has 0 amide bonds. The molecule has 1 saturated heterocycles. The van der Waals surface area contributed by atoms with Crippen LogP contribution in [0.5, 0.6) is 0 Å². The van der Waals surface area contributed by atoms with Crippen LogP contribution in [0.2, 0.25) is 13.6 Å². The van der Waals surface area contributed by atoms with Crippen LogP contribution < -0.4 is 9.62 Å². The van der Waals surface area contributed by atoms with Crippen molar-refractivity contribution in [3.8, 4) is 0 Å². The van der Waals surface area contributed by atoms with Gasteiger partial charge in [0.25, 0.3) is 0 Å². The lowest BCUT2D eigenvalue weighted by atomic mass is 9.57. The molecule has 1 N–H and O–H groups in total. The van der Waals surface area contributed by atoms with E-state index in [9.17, 15) is 0 Å². The van der Waals surface area contributed by atoms with Gasteiger partial charge >= 0.3 is 14.0 Å². The molecule has 2 heterocycles. The summed E-state index contributed by atoms with van der Waals surface area (Å²) in [6.45, 7) is 9.63. The Bertz CT molecular complexity index is 575. The molecule has 4 nitrogen and oxygen atoms in total. The van der Waals surface area contributed by atoms with Gasteiger partial charge in [-0.1, -0.05) is 38.8 Å². The maximum atomic E-state index is 3.36. The molecule has 1 aliphatic rings. The summed E-state index contributed by atoms with van der Waals surface area (Å²) in [5.74, 6) is 1.18. The number of aromatic nitrogens is 1. The second kappa shape index (κ2) is 6.53. The van der Waals surface area contributed by atoms with Crippen LogP contribution >= 0.6 is 0 Å². The molecule has 1 aliphatic heterocycles. The smallest absolute Gasteiger partial charge is 0.332 e. The van der Waals surface area contributed by atoms with Gasteiger partial charge in [-0.05, 0) is 37.2 Å². The number of nitrogens with zero attached hydrogens (tertiary/aromatic N) is 3. The highest BCUT2D eigenvalue weighted by atomic mass is 15.4. The van der Waals surface area contributed by atoms with Crippen LogP contribution in [0.15, 0.2) is 48.7 Å². The summed E-state index contributed by atoms with van der Waals surface area (Å²) in [6, 6.07) is 14.9. The Labute approximate surface area is 134 Å². The molecule has 2 aromatic rings. The topological polar surface area (TPSA) is 25.5 Å². The van der Waals surface area contributed by atoms with Crippen LogP contribution in [0.3, 0.4) is 0 Å². The normalized spacial score (nSPS) is 16.5. The maximum Gasteiger partial charge on any atom is 0.332 e. The average molecular weight is 294 g/mol. The van der Waals surface area contributed by atoms with Crippen LogP contribution in [0.4, 0.5) is 11.5 Å². The molecular weight excluding hydrogens is 270 g/mol. The highest BCUT2D eigenvalue weighted by Gasteiger charge is 2.41. The van der Waals surface area contributed by atoms with E-state index in [1.807, 2.05) is 6.20 Å². The van der Waals surface area contributed by atoms with Gasteiger partial charge in [0.2, 0.25) is 0 Å². The molecule has 0 unspecified atom stereocenters. The third-order valence-electron chi connectivity index (χ3n) is 4.63. The molecule has 0 spiro atoms. The van der Waals surface area contributed by atoms with E-state index in [4.69, 9.17) is 0 Å². The van der Waals surface area contributed by atoms with Gasteiger partial charge in [-0.15, -0.1) is 0 Å². The van der Waals surface area contributed by atoms with Crippen molar-refractivity contribution in [2.45, 2.75) is 27.0 Å². The predicted octanol–water partition coefficient (Wildman–Crippen LogP) is 3.25. The van der Waals surface area contributed by atoms with Gasteiger partial charge in [0.05, 0.1) is 12.5 Å². The quantitative estimate of drug-likeness (QED) is 0.876. The molecule has 0 radical (unpaired) electrons. The van der Waals surface area contributed by atoms with E-state index in [1.165, 1.54) is 11.5 Å². The predicted molar refractivity (Wildman–Crippen MR) is 97.3 cm³/mol. The van der Waals surface area contributed by atoms with E-state index in [0.29, 0.717) is 14.0 Å². The molecule has 0 bridgehead atoms. The van der Waals surface area contributed by atoms with E-state index < -0.39 is 0 Å². The first-order valence-corrected chi connectivity index (χ1v) is 8.20. The lowest BCUT2D eigenvalue weighted by molar-refractivity contribution is 0.594. The van der Waals surface area contributed by atoms with Gasteiger partial charge in [-0.2, -0.15) is 0 Å². The fourth-order valence-corrected chi connectivity index (χ4v) is 3.40. The summed E-state index contributed by atoms with van der Waals surface area (Å²) in [6.07, 6.45) is 3.16. The lowest BCUT2D eigenvalue weighted by Gasteiger charge is -2.50. The van der Waals surface area contributed by atoms with Gasteiger partial charge in [0.15, 0.2) is 0 Å². The highest BCUT2D eigenvalue weighted by molar-refractivity contribution is 6.77. The fraction of sp³-hybridized carbons (Fsp3) is 0.375. The van der Waals surface area contributed by atoms with Crippen LogP contribution in [0.25, 0.3) is 0 Å². The zero-order valence-corrected chi connectivity index (χ0v) is 13.7. The summed E-state index contributed by atoms with van der Waals surface area (Å²) in [7, 11) is 0. The molecule has 0 saturated carbocycles. The Kier molecular flexibility index (Phi) is 4.48. The molecule has 1 aromatic carbocycles. The Morgan fingerprint density at radius 3 is 2.36 bits per heavy atom. The zero-order chi connectivity index (χ0) is 15.5. The SMILES string of the molecule is CCCN1B(C)N(c2ccccc2)CN(c2ccc[nH]2)B1C. The molecule has 0 atom stereocenters. The summed E-state index contributed by atoms with van der Waals surface area (Å²) in [4.78, 5) is 8.26. The van der Waals surface area contributed by atoms with E-state index >= 15 is 0 Å². The zero-order valence-electron chi connectivity index (χ0n) is 13.7. The van der Waals surface area contributed by atoms with Crippen LogP contribution in [-0.2, 0) is 0 Å². The number of aromatic amines is 1. The van der Waals surface area contributed by atoms with Crippen LogP contribution in [-0.4, -0.2) is 36.9 Å². The van der Waals surface area contributed by atoms with Crippen molar-refractivity contribution in [1.29, 1.82) is 0 Å². The molecule has 22 heavy (non-hydrogen) atoms. The van der Waals surface area contributed by atoms with E-state index in [2.05, 4.69) is 82.4 Å². The largest absolute Gasteiger partial charge is 0.386 e. The van der Waals surface area contributed by atoms with Crippen molar-refractivity contribution < 1.29 is 0 Å². The van der Waals surface area contributed by atoms with Gasteiger partial charge in [-0.3, -0.25) is 0 Å². The average Bonchev–Trinajstić information content (AvgIpc) is 3.07. The van der Waals surface area contributed by atoms with Crippen molar-refractivity contribution in [3.63, 3.8) is 0 Å². The van der Waals surface area contributed by atoms with Gasteiger partial charge in [0, 0.05) is 11.9 Å². The number of benzene rings is 1. The Balaban J connectivity index is 1.93. The van der Waals surface area contributed by atoms with Gasteiger partial charge in [0.1, 0.15) is 0 Å². The monoisotopic (exact) mass is 294 g/mol. The minimum absolute atomic E-state index is 0.383. The number of hydrogen-bond donors (Lipinski definition) is 1. The fourth-order valence-electron chi connectivity index (χ4n) is 3.40. The van der Waals surface area contributed by atoms with Crippen molar-refractivity contribution in [1.82, 2.24) is 9.71 Å². The molecule has 3 rings (SSSR count). The molecule has 0 aliphatic carbocycles.